The zero-order valence-electron chi connectivity index (χ0n) is 15.1. The molecule has 1 aliphatic rings. The Morgan fingerprint density at radius 3 is 2.69 bits per heavy atom. The molecule has 1 aromatic carbocycles. The fraction of sp³-hybridized carbons (Fsp3) is 0.450. The number of carbonyl (C=O) groups is 1. The van der Waals surface area contributed by atoms with Gasteiger partial charge in [-0.15, -0.1) is 0 Å². The molecule has 0 spiro atoms. The van der Waals surface area contributed by atoms with E-state index in [2.05, 4.69) is 9.97 Å². The summed E-state index contributed by atoms with van der Waals surface area (Å²) in [6.45, 7) is 4.23. The zero-order valence-corrected chi connectivity index (χ0v) is 15.1. The maximum atomic E-state index is 12.9. The van der Waals surface area contributed by atoms with Crippen LogP contribution >= 0.6 is 0 Å². The van der Waals surface area contributed by atoms with Crippen LogP contribution in [-0.2, 0) is 11.2 Å². The quantitative estimate of drug-likeness (QED) is 0.728. The van der Waals surface area contributed by atoms with Gasteiger partial charge in [-0.25, -0.2) is 9.97 Å². The highest BCUT2D eigenvalue weighted by Crippen LogP contribution is 2.15. The van der Waals surface area contributed by atoms with Gasteiger partial charge in [0.15, 0.2) is 0 Å². The van der Waals surface area contributed by atoms with E-state index in [0.29, 0.717) is 25.3 Å². The predicted molar refractivity (Wildman–Crippen MR) is 98.2 cm³/mol. The second-order valence-electron chi connectivity index (χ2n) is 6.29. The first-order valence-corrected chi connectivity index (χ1v) is 9.16. The molecule has 6 heteroatoms. The van der Waals surface area contributed by atoms with Gasteiger partial charge in [-0.3, -0.25) is 4.79 Å². The monoisotopic (exact) mass is 355 g/mol. The SMILES string of the molecule is CCc1ncc(C(=O)N(CCOc2ccccc2)C[C@@H]2CCCO2)cn1. The van der Waals surface area contributed by atoms with Gasteiger partial charge in [0, 0.05) is 32.0 Å². The van der Waals surface area contributed by atoms with E-state index in [1.165, 1.54) is 0 Å². The molecule has 0 unspecified atom stereocenters. The first-order valence-electron chi connectivity index (χ1n) is 9.16. The van der Waals surface area contributed by atoms with Gasteiger partial charge in [-0.2, -0.15) is 0 Å². The van der Waals surface area contributed by atoms with Crippen LogP contribution in [0.4, 0.5) is 0 Å². The molecule has 26 heavy (non-hydrogen) atoms. The van der Waals surface area contributed by atoms with Crippen molar-refractivity contribution in [2.45, 2.75) is 32.3 Å². The number of para-hydroxylation sites is 1. The molecule has 1 fully saturated rings. The van der Waals surface area contributed by atoms with Crippen molar-refractivity contribution in [1.29, 1.82) is 0 Å². The lowest BCUT2D eigenvalue weighted by Crippen LogP contribution is -2.40. The normalized spacial score (nSPS) is 16.4. The molecule has 2 aromatic rings. The van der Waals surface area contributed by atoms with Crippen LogP contribution in [0.2, 0.25) is 0 Å². The van der Waals surface area contributed by atoms with Crippen molar-refractivity contribution in [3.05, 3.63) is 54.1 Å². The number of rotatable bonds is 8. The molecule has 0 N–H and O–H groups in total. The number of nitrogens with zero attached hydrogens (tertiary/aromatic N) is 3. The Morgan fingerprint density at radius 2 is 2.04 bits per heavy atom. The summed E-state index contributed by atoms with van der Waals surface area (Å²) in [6, 6.07) is 9.61. The molecule has 2 heterocycles. The van der Waals surface area contributed by atoms with Crippen molar-refractivity contribution >= 4 is 5.91 Å². The second kappa shape index (κ2) is 9.29. The van der Waals surface area contributed by atoms with Crippen LogP contribution in [0.1, 0.15) is 35.9 Å². The molecular weight excluding hydrogens is 330 g/mol. The largest absolute Gasteiger partial charge is 0.492 e. The van der Waals surface area contributed by atoms with Crippen LogP contribution in [0.25, 0.3) is 0 Å². The lowest BCUT2D eigenvalue weighted by atomic mass is 10.2. The minimum atomic E-state index is -0.0835. The lowest BCUT2D eigenvalue weighted by Gasteiger charge is -2.25. The van der Waals surface area contributed by atoms with Crippen molar-refractivity contribution < 1.29 is 14.3 Å². The Bertz CT molecular complexity index is 685. The third kappa shape index (κ3) is 5.02. The van der Waals surface area contributed by atoms with Crippen molar-refractivity contribution in [3.63, 3.8) is 0 Å². The predicted octanol–water partition coefficient (Wildman–Crippen LogP) is 2.74. The summed E-state index contributed by atoms with van der Waals surface area (Å²) in [5, 5.41) is 0. The van der Waals surface area contributed by atoms with Crippen LogP contribution in [-0.4, -0.2) is 53.2 Å². The number of benzene rings is 1. The number of hydrogen-bond acceptors (Lipinski definition) is 5. The molecule has 1 atom stereocenters. The summed E-state index contributed by atoms with van der Waals surface area (Å²) in [6.07, 6.45) is 6.07. The van der Waals surface area contributed by atoms with E-state index in [9.17, 15) is 4.79 Å². The Kier molecular flexibility index (Phi) is 6.55. The molecule has 138 valence electrons. The van der Waals surface area contributed by atoms with Gasteiger partial charge in [0.05, 0.1) is 18.2 Å². The first-order chi connectivity index (χ1) is 12.8. The fourth-order valence-corrected chi connectivity index (χ4v) is 2.93. The smallest absolute Gasteiger partial charge is 0.257 e. The molecular formula is C20H25N3O3. The van der Waals surface area contributed by atoms with Crippen LogP contribution in [0.5, 0.6) is 5.75 Å². The molecule has 6 nitrogen and oxygen atoms in total. The summed E-state index contributed by atoms with van der Waals surface area (Å²) in [5.74, 6) is 1.45. The van der Waals surface area contributed by atoms with E-state index >= 15 is 0 Å². The van der Waals surface area contributed by atoms with Crippen LogP contribution in [0.3, 0.4) is 0 Å². The summed E-state index contributed by atoms with van der Waals surface area (Å²) < 4.78 is 11.5. The Morgan fingerprint density at radius 1 is 1.27 bits per heavy atom. The summed E-state index contributed by atoms with van der Waals surface area (Å²) in [4.78, 5) is 23.2. The lowest BCUT2D eigenvalue weighted by molar-refractivity contribution is 0.0493. The number of ether oxygens (including phenoxy) is 2. The van der Waals surface area contributed by atoms with E-state index in [1.54, 1.807) is 17.3 Å². The molecule has 1 aromatic heterocycles. The highest BCUT2D eigenvalue weighted by molar-refractivity contribution is 5.93. The summed E-state index contributed by atoms with van der Waals surface area (Å²) >= 11 is 0. The van der Waals surface area contributed by atoms with E-state index in [-0.39, 0.29) is 12.0 Å². The molecule has 1 amide bonds. The first kappa shape index (κ1) is 18.3. The second-order valence-corrected chi connectivity index (χ2v) is 6.29. The van der Waals surface area contributed by atoms with E-state index in [0.717, 1.165) is 37.4 Å². The zero-order chi connectivity index (χ0) is 18.2. The Hall–Kier alpha value is -2.47. The molecule has 3 rings (SSSR count). The maximum absolute atomic E-state index is 12.9. The minimum absolute atomic E-state index is 0.0835. The van der Waals surface area contributed by atoms with Gasteiger partial charge in [0.1, 0.15) is 18.2 Å². The van der Waals surface area contributed by atoms with Crippen molar-refractivity contribution in [2.24, 2.45) is 0 Å². The van der Waals surface area contributed by atoms with Crippen molar-refractivity contribution in [2.75, 3.05) is 26.3 Å². The van der Waals surface area contributed by atoms with Gasteiger partial charge < -0.3 is 14.4 Å². The topological polar surface area (TPSA) is 64.6 Å². The van der Waals surface area contributed by atoms with Gasteiger partial charge in [0.2, 0.25) is 0 Å². The van der Waals surface area contributed by atoms with Crippen molar-refractivity contribution in [3.8, 4) is 5.75 Å². The van der Waals surface area contributed by atoms with E-state index in [4.69, 9.17) is 9.47 Å². The standard InChI is InChI=1S/C20H25N3O3/c1-2-19-21-13-16(14-22-19)20(24)23(15-18-9-6-11-25-18)10-12-26-17-7-4-3-5-8-17/h3-5,7-8,13-14,18H,2,6,9-12,15H2,1H3/t18-/m0/s1. The summed E-state index contributed by atoms with van der Waals surface area (Å²) in [7, 11) is 0. The van der Waals surface area contributed by atoms with Crippen molar-refractivity contribution in [1.82, 2.24) is 14.9 Å². The Balaban J connectivity index is 1.63. The molecule has 1 aliphatic heterocycles. The molecule has 1 saturated heterocycles. The minimum Gasteiger partial charge on any atom is -0.492 e. The molecule has 0 saturated carbocycles. The molecule has 0 radical (unpaired) electrons. The Labute approximate surface area is 154 Å². The van der Waals surface area contributed by atoms with Gasteiger partial charge >= 0.3 is 0 Å². The summed E-state index contributed by atoms with van der Waals surface area (Å²) in [5.41, 5.74) is 0.500. The van der Waals surface area contributed by atoms with Crippen LogP contribution in [0, 0.1) is 0 Å². The fourth-order valence-electron chi connectivity index (χ4n) is 2.93. The highest BCUT2D eigenvalue weighted by atomic mass is 16.5. The number of aromatic nitrogens is 2. The number of amides is 1. The van der Waals surface area contributed by atoms with E-state index < -0.39 is 0 Å². The van der Waals surface area contributed by atoms with Gasteiger partial charge in [0.25, 0.3) is 5.91 Å². The molecule has 0 aliphatic carbocycles. The van der Waals surface area contributed by atoms with E-state index in [1.807, 2.05) is 37.3 Å². The third-order valence-corrected chi connectivity index (χ3v) is 4.38. The number of hydrogen-bond donors (Lipinski definition) is 0. The highest BCUT2D eigenvalue weighted by Gasteiger charge is 2.24. The third-order valence-electron chi connectivity index (χ3n) is 4.38. The number of aryl methyl sites for hydroxylation is 1. The van der Waals surface area contributed by atoms with Crippen LogP contribution in [0.15, 0.2) is 42.7 Å². The average Bonchev–Trinajstić information content (AvgIpc) is 3.21. The maximum Gasteiger partial charge on any atom is 0.257 e. The van der Waals surface area contributed by atoms with Gasteiger partial charge in [-0.1, -0.05) is 25.1 Å². The van der Waals surface area contributed by atoms with Crippen LogP contribution < -0.4 is 4.74 Å². The van der Waals surface area contributed by atoms with Gasteiger partial charge in [-0.05, 0) is 25.0 Å². The number of carbonyl (C=O) groups excluding carboxylic acids is 1. The molecule has 0 bridgehead atoms. The average molecular weight is 355 g/mol.